The number of rotatable bonds is 6. The molecule has 0 saturated heterocycles. The Morgan fingerprint density at radius 2 is 2.19 bits per heavy atom. The third kappa shape index (κ3) is 4.11. The van der Waals surface area contributed by atoms with Crippen LogP contribution in [0.15, 0.2) is 24.7 Å². The first-order chi connectivity index (χ1) is 9.79. The summed E-state index contributed by atoms with van der Waals surface area (Å²) < 4.78 is 0. The molecule has 0 radical (unpaired) electrons. The standard InChI is InChI=1S/C15H23ClN4O/c1-6-9(2)13-14(10(3)7-8-18-13)20(15(17)21)12(5)19-11(4)16/h7-9,11,19H,5-6H2,1-4H3,(H2,17,21). The maximum atomic E-state index is 11.9. The molecule has 21 heavy (non-hydrogen) atoms. The molecule has 0 saturated carbocycles. The number of halogens is 1. The van der Waals surface area contributed by atoms with Gasteiger partial charge in [0.25, 0.3) is 0 Å². The first kappa shape index (κ1) is 17.3. The maximum Gasteiger partial charge on any atom is 0.325 e. The number of carbonyl (C=O) groups is 1. The molecule has 5 nitrogen and oxygen atoms in total. The minimum atomic E-state index is -0.620. The molecule has 0 fully saturated rings. The molecule has 0 spiro atoms. The molecule has 0 aliphatic heterocycles. The van der Waals surface area contributed by atoms with Gasteiger partial charge in [-0.25, -0.2) is 9.69 Å². The average molecular weight is 311 g/mol. The van der Waals surface area contributed by atoms with Crippen molar-refractivity contribution in [3.8, 4) is 0 Å². The van der Waals surface area contributed by atoms with Gasteiger partial charge in [0, 0.05) is 12.1 Å². The smallest absolute Gasteiger partial charge is 0.325 e. The largest absolute Gasteiger partial charge is 0.356 e. The first-order valence-electron chi connectivity index (χ1n) is 6.94. The van der Waals surface area contributed by atoms with E-state index in [0.29, 0.717) is 11.5 Å². The van der Waals surface area contributed by atoms with Crippen LogP contribution in [-0.2, 0) is 0 Å². The van der Waals surface area contributed by atoms with Crippen LogP contribution in [0.1, 0.15) is 44.4 Å². The molecule has 6 heteroatoms. The number of anilines is 1. The summed E-state index contributed by atoms with van der Waals surface area (Å²) in [5.74, 6) is 0.536. The molecule has 3 N–H and O–H groups in total. The van der Waals surface area contributed by atoms with E-state index in [2.05, 4.69) is 30.7 Å². The highest BCUT2D eigenvalue weighted by atomic mass is 35.5. The van der Waals surface area contributed by atoms with Crippen molar-refractivity contribution in [3.05, 3.63) is 35.9 Å². The monoisotopic (exact) mass is 310 g/mol. The number of urea groups is 1. The van der Waals surface area contributed by atoms with E-state index < -0.39 is 6.03 Å². The van der Waals surface area contributed by atoms with Crippen LogP contribution in [-0.4, -0.2) is 16.5 Å². The predicted molar refractivity (Wildman–Crippen MR) is 87.3 cm³/mol. The van der Waals surface area contributed by atoms with E-state index in [4.69, 9.17) is 17.3 Å². The van der Waals surface area contributed by atoms with E-state index in [0.717, 1.165) is 17.7 Å². The summed E-state index contributed by atoms with van der Waals surface area (Å²) in [5.41, 5.74) is 7.57. The zero-order chi connectivity index (χ0) is 16.2. The lowest BCUT2D eigenvalue weighted by Gasteiger charge is -2.28. The van der Waals surface area contributed by atoms with Gasteiger partial charge < -0.3 is 11.1 Å². The van der Waals surface area contributed by atoms with Crippen molar-refractivity contribution >= 4 is 23.3 Å². The third-order valence-corrected chi connectivity index (χ3v) is 3.42. The summed E-state index contributed by atoms with van der Waals surface area (Å²) >= 11 is 5.91. The molecule has 2 atom stereocenters. The lowest BCUT2D eigenvalue weighted by atomic mass is 10.00. The highest BCUT2D eigenvalue weighted by molar-refractivity contribution is 6.20. The molecule has 1 rings (SSSR count). The molecule has 0 bridgehead atoms. The van der Waals surface area contributed by atoms with Crippen molar-refractivity contribution in [2.45, 2.75) is 45.5 Å². The maximum absolute atomic E-state index is 11.9. The van der Waals surface area contributed by atoms with Crippen molar-refractivity contribution in [3.63, 3.8) is 0 Å². The van der Waals surface area contributed by atoms with Crippen LogP contribution in [0, 0.1) is 6.92 Å². The fraction of sp³-hybridized carbons (Fsp3) is 0.467. The summed E-state index contributed by atoms with van der Waals surface area (Å²) in [7, 11) is 0. The Bertz CT molecular complexity index is 530. The number of nitrogens with one attached hydrogen (secondary N) is 1. The van der Waals surface area contributed by atoms with Crippen LogP contribution in [0.3, 0.4) is 0 Å². The van der Waals surface area contributed by atoms with Gasteiger partial charge in [-0.3, -0.25) is 4.98 Å². The minimum Gasteiger partial charge on any atom is -0.356 e. The minimum absolute atomic E-state index is 0.197. The van der Waals surface area contributed by atoms with E-state index >= 15 is 0 Å². The van der Waals surface area contributed by atoms with Crippen molar-refractivity contribution in [2.24, 2.45) is 5.73 Å². The molecule has 1 aromatic rings. The quantitative estimate of drug-likeness (QED) is 0.624. The fourth-order valence-corrected chi connectivity index (χ4v) is 2.21. The molecule has 2 amide bonds. The number of alkyl halides is 1. The Kier molecular flexibility index (Phi) is 6.03. The number of aromatic nitrogens is 1. The Morgan fingerprint density at radius 3 is 2.67 bits per heavy atom. The van der Waals surface area contributed by atoms with Crippen molar-refractivity contribution in [1.82, 2.24) is 10.3 Å². The predicted octanol–water partition coefficient (Wildman–Crippen LogP) is 3.43. The molecule has 1 heterocycles. The Morgan fingerprint density at radius 1 is 1.57 bits per heavy atom. The zero-order valence-electron chi connectivity index (χ0n) is 13.0. The van der Waals surface area contributed by atoms with Crippen LogP contribution in [0.25, 0.3) is 0 Å². The van der Waals surface area contributed by atoms with E-state index in [-0.39, 0.29) is 11.4 Å². The Labute approximate surface area is 131 Å². The van der Waals surface area contributed by atoms with Gasteiger partial charge >= 0.3 is 6.03 Å². The van der Waals surface area contributed by atoms with Gasteiger partial charge in [-0.1, -0.05) is 32.0 Å². The zero-order valence-corrected chi connectivity index (χ0v) is 13.7. The summed E-state index contributed by atoms with van der Waals surface area (Å²) in [6, 6.07) is 1.22. The van der Waals surface area contributed by atoms with E-state index in [9.17, 15) is 4.79 Å². The van der Waals surface area contributed by atoms with Crippen LogP contribution in [0.2, 0.25) is 0 Å². The van der Waals surface area contributed by atoms with Gasteiger partial charge in [-0.15, -0.1) is 0 Å². The van der Waals surface area contributed by atoms with E-state index in [1.54, 1.807) is 13.1 Å². The molecular weight excluding hydrogens is 288 g/mol. The Hall–Kier alpha value is -1.75. The second-order valence-electron chi connectivity index (χ2n) is 5.05. The number of nitrogens with two attached hydrogens (primary N) is 1. The first-order valence-corrected chi connectivity index (χ1v) is 7.37. The lowest BCUT2D eigenvalue weighted by Crippen LogP contribution is -2.42. The number of primary amides is 1. The van der Waals surface area contributed by atoms with Crippen molar-refractivity contribution < 1.29 is 4.79 Å². The van der Waals surface area contributed by atoms with Crippen LogP contribution < -0.4 is 16.0 Å². The summed E-state index contributed by atoms with van der Waals surface area (Å²) in [4.78, 5) is 17.7. The van der Waals surface area contributed by atoms with Gasteiger partial charge in [-0.2, -0.15) is 0 Å². The average Bonchev–Trinajstić information content (AvgIpc) is 2.38. The molecule has 0 aliphatic rings. The molecular formula is C15H23ClN4O. The lowest BCUT2D eigenvalue weighted by molar-refractivity contribution is 0.255. The topological polar surface area (TPSA) is 71.2 Å². The number of carbonyl (C=O) groups excluding carboxylic acids is 1. The van der Waals surface area contributed by atoms with Gasteiger partial charge in [0.05, 0.1) is 16.9 Å². The third-order valence-electron chi connectivity index (χ3n) is 3.31. The number of hydrogen-bond donors (Lipinski definition) is 2. The summed E-state index contributed by atoms with van der Waals surface area (Å²) in [6.07, 6.45) is 2.64. The number of amides is 2. The molecule has 116 valence electrons. The second-order valence-corrected chi connectivity index (χ2v) is 5.71. The van der Waals surface area contributed by atoms with E-state index in [1.165, 1.54) is 4.90 Å². The highest BCUT2D eigenvalue weighted by Crippen LogP contribution is 2.32. The normalized spacial score (nSPS) is 13.4. The Balaban J connectivity index is 3.38. The van der Waals surface area contributed by atoms with Crippen LogP contribution in [0.5, 0.6) is 0 Å². The summed E-state index contributed by atoms with van der Waals surface area (Å²) in [6.45, 7) is 11.7. The van der Waals surface area contributed by atoms with Crippen LogP contribution in [0.4, 0.5) is 10.5 Å². The molecule has 1 aromatic heterocycles. The number of aryl methyl sites for hydroxylation is 1. The fourth-order valence-electron chi connectivity index (χ4n) is 2.09. The van der Waals surface area contributed by atoms with Crippen LogP contribution >= 0.6 is 11.6 Å². The van der Waals surface area contributed by atoms with Crippen molar-refractivity contribution in [2.75, 3.05) is 4.90 Å². The molecule has 0 aliphatic carbocycles. The number of nitrogens with zero attached hydrogens (tertiary/aromatic N) is 2. The second kappa shape index (κ2) is 7.31. The highest BCUT2D eigenvalue weighted by Gasteiger charge is 2.24. The number of pyridine rings is 1. The van der Waals surface area contributed by atoms with Gasteiger partial charge in [-0.05, 0) is 31.9 Å². The van der Waals surface area contributed by atoms with Gasteiger partial charge in [0.2, 0.25) is 0 Å². The van der Waals surface area contributed by atoms with E-state index in [1.807, 2.05) is 13.0 Å². The number of hydrogen-bond acceptors (Lipinski definition) is 3. The van der Waals surface area contributed by atoms with Gasteiger partial charge in [0.15, 0.2) is 0 Å². The molecule has 2 unspecified atom stereocenters. The van der Waals surface area contributed by atoms with Gasteiger partial charge in [0.1, 0.15) is 5.82 Å². The summed E-state index contributed by atoms with van der Waals surface area (Å²) in [5, 5.41) is 2.90. The SMILES string of the molecule is C=C(NC(C)Cl)N(C(N)=O)c1c(C)ccnc1C(C)CC. The van der Waals surface area contributed by atoms with Crippen molar-refractivity contribution in [1.29, 1.82) is 0 Å². The molecule has 0 aromatic carbocycles.